The lowest BCUT2D eigenvalue weighted by Crippen LogP contribution is -2.48. The van der Waals surface area contributed by atoms with Crippen molar-refractivity contribution in [1.29, 1.82) is 0 Å². The summed E-state index contributed by atoms with van der Waals surface area (Å²) < 4.78 is 5.51. The zero-order valence-corrected chi connectivity index (χ0v) is 20.6. The Hall–Kier alpha value is -3.32. The minimum absolute atomic E-state index is 0.271. The molecule has 1 atom stereocenters. The van der Waals surface area contributed by atoms with Crippen LogP contribution in [0, 0.1) is 0 Å². The fourth-order valence-corrected chi connectivity index (χ4v) is 3.89. The summed E-state index contributed by atoms with van der Waals surface area (Å²) in [6.45, 7) is 7.89. The Morgan fingerprint density at radius 2 is 1.88 bits per heavy atom. The molecule has 0 bridgehead atoms. The van der Waals surface area contributed by atoms with E-state index >= 15 is 0 Å². The molecule has 1 heterocycles. The van der Waals surface area contributed by atoms with Crippen LogP contribution in [0.2, 0.25) is 5.02 Å². The van der Waals surface area contributed by atoms with Crippen LogP contribution in [-0.2, 0) is 9.53 Å². The van der Waals surface area contributed by atoms with Crippen molar-refractivity contribution in [3.05, 3.63) is 76.0 Å². The number of urea groups is 1. The Labute approximate surface area is 205 Å². The van der Waals surface area contributed by atoms with Crippen molar-refractivity contribution in [2.75, 3.05) is 11.9 Å². The number of carbonyl (C=O) groups is 3. The Morgan fingerprint density at radius 1 is 1.18 bits per heavy atom. The molecule has 3 amide bonds. The fourth-order valence-electron chi connectivity index (χ4n) is 3.76. The molecule has 0 aromatic heterocycles. The van der Waals surface area contributed by atoms with Crippen molar-refractivity contribution in [3.63, 3.8) is 0 Å². The van der Waals surface area contributed by atoms with Gasteiger partial charge < -0.3 is 15.4 Å². The molecule has 7 nitrogen and oxygen atoms in total. The van der Waals surface area contributed by atoms with Gasteiger partial charge in [-0.3, -0.25) is 9.69 Å². The highest BCUT2D eigenvalue weighted by Gasteiger charge is 2.36. The molecule has 0 radical (unpaired) electrons. The van der Waals surface area contributed by atoms with Gasteiger partial charge in [-0.15, -0.1) is 0 Å². The molecule has 3 rings (SSSR count). The van der Waals surface area contributed by atoms with Crippen molar-refractivity contribution in [2.24, 2.45) is 0 Å². The minimum Gasteiger partial charge on any atom is -0.459 e. The predicted molar refractivity (Wildman–Crippen MR) is 133 cm³/mol. The van der Waals surface area contributed by atoms with E-state index in [4.69, 9.17) is 16.3 Å². The number of unbranched alkanes of at least 4 members (excludes halogenated alkanes) is 1. The summed E-state index contributed by atoms with van der Waals surface area (Å²) in [4.78, 5) is 40.2. The van der Waals surface area contributed by atoms with Crippen molar-refractivity contribution >= 4 is 35.2 Å². The smallest absolute Gasteiger partial charge is 0.338 e. The monoisotopic (exact) mass is 483 g/mol. The van der Waals surface area contributed by atoms with Gasteiger partial charge in [0.1, 0.15) is 0 Å². The number of benzene rings is 2. The molecule has 34 heavy (non-hydrogen) atoms. The first-order valence-corrected chi connectivity index (χ1v) is 11.8. The highest BCUT2D eigenvalue weighted by Crippen LogP contribution is 2.33. The molecule has 0 spiro atoms. The van der Waals surface area contributed by atoms with E-state index in [2.05, 4.69) is 10.6 Å². The molecular formula is C26H30ClN3O4. The van der Waals surface area contributed by atoms with Gasteiger partial charge in [-0.05, 0) is 69.2 Å². The highest BCUT2D eigenvalue weighted by molar-refractivity contribution is 6.30. The van der Waals surface area contributed by atoms with Crippen LogP contribution in [0.5, 0.6) is 0 Å². The second-order valence-corrected chi connectivity index (χ2v) is 8.86. The van der Waals surface area contributed by atoms with Crippen LogP contribution in [0.3, 0.4) is 0 Å². The van der Waals surface area contributed by atoms with E-state index in [1.165, 1.54) is 0 Å². The van der Waals surface area contributed by atoms with E-state index in [1.807, 2.05) is 6.92 Å². The van der Waals surface area contributed by atoms with Gasteiger partial charge in [-0.25, -0.2) is 9.59 Å². The van der Waals surface area contributed by atoms with Crippen LogP contribution in [0.15, 0.2) is 59.8 Å². The molecule has 0 saturated heterocycles. The molecule has 1 aliphatic heterocycles. The number of anilines is 1. The number of carbonyl (C=O) groups excluding carboxylic acids is 3. The second-order valence-electron chi connectivity index (χ2n) is 8.43. The zero-order chi connectivity index (χ0) is 24.8. The zero-order valence-electron chi connectivity index (χ0n) is 19.9. The third-order valence-electron chi connectivity index (χ3n) is 5.48. The standard InChI is InChI=1S/C26H30ClN3O4/c1-5-6-14-30-17(4)22(25(32)34-16(2)3)23(29-26(30)33)19-8-7-9-21(15-19)28-24(31)18-10-12-20(27)13-11-18/h7-13,15-16,23H,5-6,14H2,1-4H3,(H,28,31)(H,29,33). The first kappa shape index (κ1) is 25.3. The SMILES string of the molecule is CCCCN1C(=O)NC(c2cccc(NC(=O)c3ccc(Cl)cc3)c2)C(C(=O)OC(C)C)=C1C. The summed E-state index contributed by atoms with van der Waals surface area (Å²) in [5, 5.41) is 6.34. The molecule has 1 unspecified atom stereocenters. The largest absolute Gasteiger partial charge is 0.459 e. The lowest BCUT2D eigenvalue weighted by atomic mass is 9.94. The number of hydrogen-bond acceptors (Lipinski definition) is 4. The quantitative estimate of drug-likeness (QED) is 0.472. The van der Waals surface area contributed by atoms with Crippen LogP contribution in [0.4, 0.5) is 10.5 Å². The molecule has 1 aliphatic rings. The molecule has 2 aromatic carbocycles. The summed E-state index contributed by atoms with van der Waals surface area (Å²) in [6.07, 6.45) is 1.43. The highest BCUT2D eigenvalue weighted by atomic mass is 35.5. The molecule has 2 aromatic rings. The molecule has 8 heteroatoms. The van der Waals surface area contributed by atoms with Crippen molar-refractivity contribution in [1.82, 2.24) is 10.2 Å². The van der Waals surface area contributed by atoms with E-state index in [1.54, 1.807) is 74.2 Å². The molecule has 2 N–H and O–H groups in total. The Morgan fingerprint density at radius 3 is 2.53 bits per heavy atom. The number of hydrogen-bond donors (Lipinski definition) is 2. The Balaban J connectivity index is 1.93. The summed E-state index contributed by atoms with van der Waals surface area (Å²) in [6, 6.07) is 12.7. The summed E-state index contributed by atoms with van der Waals surface area (Å²) in [7, 11) is 0. The van der Waals surface area contributed by atoms with Crippen molar-refractivity contribution in [3.8, 4) is 0 Å². The molecule has 0 fully saturated rings. The maximum absolute atomic E-state index is 13.1. The van der Waals surface area contributed by atoms with Gasteiger partial charge in [0.15, 0.2) is 0 Å². The average molecular weight is 484 g/mol. The van der Waals surface area contributed by atoms with Crippen LogP contribution < -0.4 is 10.6 Å². The van der Waals surface area contributed by atoms with Gasteiger partial charge in [0.05, 0.1) is 17.7 Å². The van der Waals surface area contributed by atoms with Gasteiger partial charge in [0.2, 0.25) is 0 Å². The van der Waals surface area contributed by atoms with Crippen LogP contribution >= 0.6 is 11.6 Å². The average Bonchev–Trinajstić information content (AvgIpc) is 2.78. The number of amides is 3. The lowest BCUT2D eigenvalue weighted by Gasteiger charge is -2.35. The van der Waals surface area contributed by atoms with Gasteiger partial charge in [0.25, 0.3) is 5.91 Å². The number of allylic oxidation sites excluding steroid dienone is 1. The maximum atomic E-state index is 13.1. The van der Waals surface area contributed by atoms with Crippen molar-refractivity contribution in [2.45, 2.75) is 52.7 Å². The van der Waals surface area contributed by atoms with E-state index in [9.17, 15) is 14.4 Å². The second kappa shape index (κ2) is 11.2. The third-order valence-corrected chi connectivity index (χ3v) is 5.73. The third kappa shape index (κ3) is 5.97. The molecule has 0 aliphatic carbocycles. The number of nitrogens with one attached hydrogen (secondary N) is 2. The Bertz CT molecular complexity index is 1100. The van der Waals surface area contributed by atoms with E-state index in [0.29, 0.717) is 39.7 Å². The van der Waals surface area contributed by atoms with E-state index in [-0.39, 0.29) is 18.0 Å². The normalized spacial score (nSPS) is 15.9. The summed E-state index contributed by atoms with van der Waals surface area (Å²) in [5.41, 5.74) is 2.61. The first-order valence-electron chi connectivity index (χ1n) is 11.4. The number of esters is 1. The predicted octanol–water partition coefficient (Wildman–Crippen LogP) is 5.68. The molecular weight excluding hydrogens is 454 g/mol. The van der Waals surface area contributed by atoms with Gasteiger partial charge in [-0.2, -0.15) is 0 Å². The number of rotatable bonds is 8. The number of ether oxygens (including phenoxy) is 1. The molecule has 0 saturated carbocycles. The van der Waals surface area contributed by atoms with Gasteiger partial charge in [-0.1, -0.05) is 37.1 Å². The summed E-state index contributed by atoms with van der Waals surface area (Å²) in [5.74, 6) is -0.770. The molecule has 180 valence electrons. The van der Waals surface area contributed by atoms with Crippen LogP contribution in [-0.4, -0.2) is 35.5 Å². The minimum atomic E-state index is -0.705. The van der Waals surface area contributed by atoms with Gasteiger partial charge in [0, 0.05) is 28.5 Å². The maximum Gasteiger partial charge on any atom is 0.338 e. The lowest BCUT2D eigenvalue weighted by molar-refractivity contribution is -0.143. The van der Waals surface area contributed by atoms with E-state index in [0.717, 1.165) is 12.8 Å². The van der Waals surface area contributed by atoms with Gasteiger partial charge >= 0.3 is 12.0 Å². The fraction of sp³-hybridized carbons (Fsp3) is 0.346. The van der Waals surface area contributed by atoms with Crippen LogP contribution in [0.25, 0.3) is 0 Å². The summed E-state index contributed by atoms with van der Waals surface area (Å²) >= 11 is 5.90. The Kier molecular flexibility index (Phi) is 8.34. The topological polar surface area (TPSA) is 87.7 Å². The first-order chi connectivity index (χ1) is 16.2. The number of nitrogens with zero attached hydrogens (tertiary/aromatic N) is 1. The van der Waals surface area contributed by atoms with Crippen molar-refractivity contribution < 1.29 is 19.1 Å². The van der Waals surface area contributed by atoms with E-state index < -0.39 is 12.0 Å². The number of halogens is 1. The van der Waals surface area contributed by atoms with Crippen LogP contribution in [0.1, 0.15) is 62.5 Å².